The Balaban J connectivity index is 2.05. The van der Waals surface area contributed by atoms with Crippen LogP contribution in [0.5, 0.6) is 5.75 Å². The average Bonchev–Trinajstić information content (AvgIpc) is 2.74. The Hall–Kier alpha value is -3.33. The summed E-state index contributed by atoms with van der Waals surface area (Å²) in [5.41, 5.74) is 1.55. The summed E-state index contributed by atoms with van der Waals surface area (Å²) in [5.74, 6) is -0.612. The van der Waals surface area contributed by atoms with E-state index in [0.29, 0.717) is 17.9 Å². The topological polar surface area (TPSA) is 111 Å². The number of benzene rings is 2. The Labute approximate surface area is 187 Å². The normalized spacial score (nSPS) is 16.2. The molecule has 2 aromatic rings. The fraction of sp³-hybridized carbons (Fsp3) is 0.304. The molecule has 3 rings (SSSR count). The second-order valence-corrected chi connectivity index (χ2v) is 9.21. The lowest BCUT2D eigenvalue weighted by atomic mass is 9.95. The maximum atomic E-state index is 13.0. The minimum atomic E-state index is -3.83. The molecule has 1 aliphatic heterocycles. The van der Waals surface area contributed by atoms with Crippen LogP contribution in [0, 0.1) is 6.92 Å². The summed E-state index contributed by atoms with van der Waals surface area (Å²) >= 11 is 0. The van der Waals surface area contributed by atoms with Crippen LogP contribution < -0.4 is 15.4 Å². The van der Waals surface area contributed by atoms with E-state index in [4.69, 9.17) is 9.47 Å². The van der Waals surface area contributed by atoms with Crippen LogP contribution in [-0.4, -0.2) is 39.4 Å². The van der Waals surface area contributed by atoms with Crippen LogP contribution in [0.25, 0.3) is 0 Å². The molecule has 0 fully saturated rings. The van der Waals surface area contributed by atoms with Gasteiger partial charge in [-0.05, 0) is 50.6 Å². The van der Waals surface area contributed by atoms with E-state index in [2.05, 4.69) is 10.6 Å². The third-order valence-corrected chi connectivity index (χ3v) is 6.55. The predicted octanol–water partition coefficient (Wildman–Crippen LogP) is 3.04. The van der Waals surface area contributed by atoms with Crippen LogP contribution in [0.2, 0.25) is 0 Å². The molecule has 1 heterocycles. The molecule has 0 aliphatic carbocycles. The summed E-state index contributed by atoms with van der Waals surface area (Å²) in [6.07, 6.45) is 0. The van der Waals surface area contributed by atoms with Crippen molar-refractivity contribution in [3.05, 3.63) is 70.9 Å². The van der Waals surface area contributed by atoms with Crippen molar-refractivity contribution < 1.29 is 27.5 Å². The molecule has 1 atom stereocenters. The first-order valence-corrected chi connectivity index (χ1v) is 11.9. The summed E-state index contributed by atoms with van der Waals surface area (Å²) in [5, 5.41) is 5.19. The first kappa shape index (κ1) is 23.3. The van der Waals surface area contributed by atoms with Crippen LogP contribution in [0.1, 0.15) is 31.0 Å². The van der Waals surface area contributed by atoms with Gasteiger partial charge >= 0.3 is 12.0 Å². The van der Waals surface area contributed by atoms with E-state index in [1.54, 1.807) is 43.3 Å². The van der Waals surface area contributed by atoms with Gasteiger partial charge in [-0.1, -0.05) is 29.8 Å². The number of esters is 1. The first-order chi connectivity index (χ1) is 15.2. The predicted molar refractivity (Wildman–Crippen MR) is 119 cm³/mol. The molecule has 170 valence electrons. The van der Waals surface area contributed by atoms with Crippen molar-refractivity contribution in [1.82, 2.24) is 10.6 Å². The van der Waals surface area contributed by atoms with Crippen molar-refractivity contribution in [2.75, 3.05) is 19.0 Å². The number of aryl methyl sites for hydroxylation is 1. The van der Waals surface area contributed by atoms with Crippen LogP contribution in [-0.2, 0) is 19.4 Å². The summed E-state index contributed by atoms with van der Waals surface area (Å²) in [7, 11) is -3.83. The van der Waals surface area contributed by atoms with E-state index in [9.17, 15) is 18.0 Å². The number of carbonyl (C=O) groups is 2. The van der Waals surface area contributed by atoms with Crippen molar-refractivity contribution in [1.29, 1.82) is 0 Å². The minimum Gasteiger partial charge on any atom is -0.494 e. The fourth-order valence-corrected chi connectivity index (χ4v) is 4.70. The van der Waals surface area contributed by atoms with Gasteiger partial charge in [0.1, 0.15) is 5.75 Å². The number of nitrogens with one attached hydrogen (secondary N) is 2. The van der Waals surface area contributed by atoms with E-state index in [1.807, 2.05) is 13.8 Å². The highest BCUT2D eigenvalue weighted by Gasteiger charge is 2.35. The van der Waals surface area contributed by atoms with E-state index >= 15 is 0 Å². The van der Waals surface area contributed by atoms with Gasteiger partial charge in [-0.25, -0.2) is 18.0 Å². The molecular weight excluding hydrogens is 432 g/mol. The monoisotopic (exact) mass is 458 g/mol. The lowest BCUT2D eigenvalue weighted by Gasteiger charge is -2.29. The number of urea groups is 1. The number of amides is 2. The minimum absolute atomic E-state index is 0.00772. The van der Waals surface area contributed by atoms with Gasteiger partial charge in [0.05, 0.1) is 35.5 Å². The number of ether oxygens (including phenoxy) is 2. The third kappa shape index (κ3) is 5.28. The summed E-state index contributed by atoms with van der Waals surface area (Å²) < 4.78 is 36.7. The van der Waals surface area contributed by atoms with Crippen molar-refractivity contribution in [2.45, 2.75) is 31.7 Å². The standard InChI is InChI=1S/C23H26N2O6S/c1-4-30-17-10-8-16(9-11-17)21-20(22(26)31-5-2)19(24-23(27)25-21)14-32(28,29)18-12-6-15(3)7-13-18/h6-13,21H,4-5,14H2,1-3H3,(H2,24,25,27)/t21-/m0/s1. The van der Waals surface area contributed by atoms with Crippen LogP contribution in [0.15, 0.2) is 64.7 Å². The molecule has 0 radical (unpaired) electrons. The fourth-order valence-electron chi connectivity index (χ4n) is 3.37. The second-order valence-electron chi connectivity index (χ2n) is 7.22. The van der Waals surface area contributed by atoms with Gasteiger partial charge in [-0.15, -0.1) is 0 Å². The highest BCUT2D eigenvalue weighted by atomic mass is 32.2. The SMILES string of the molecule is CCOC(=O)C1=C(CS(=O)(=O)c2ccc(C)cc2)NC(=O)N[C@H]1c1ccc(OCC)cc1. The number of sulfone groups is 1. The second kappa shape index (κ2) is 9.86. The van der Waals surface area contributed by atoms with E-state index in [1.165, 1.54) is 12.1 Å². The van der Waals surface area contributed by atoms with Gasteiger partial charge in [-0.2, -0.15) is 0 Å². The van der Waals surface area contributed by atoms with Crippen molar-refractivity contribution in [3.63, 3.8) is 0 Å². The Morgan fingerprint density at radius 3 is 2.25 bits per heavy atom. The molecule has 0 bridgehead atoms. The number of rotatable bonds is 8. The van der Waals surface area contributed by atoms with Crippen molar-refractivity contribution >= 4 is 21.8 Å². The first-order valence-electron chi connectivity index (χ1n) is 10.2. The number of carbonyl (C=O) groups excluding carboxylic acids is 2. The molecule has 32 heavy (non-hydrogen) atoms. The molecule has 0 spiro atoms. The van der Waals surface area contributed by atoms with Gasteiger partial charge in [0, 0.05) is 5.70 Å². The molecule has 2 aromatic carbocycles. The lowest BCUT2D eigenvalue weighted by molar-refractivity contribution is -0.139. The van der Waals surface area contributed by atoms with Crippen LogP contribution in [0.3, 0.4) is 0 Å². The highest BCUT2D eigenvalue weighted by Crippen LogP contribution is 2.30. The maximum Gasteiger partial charge on any atom is 0.338 e. The molecule has 9 heteroatoms. The van der Waals surface area contributed by atoms with Gasteiger partial charge in [0.25, 0.3) is 0 Å². The van der Waals surface area contributed by atoms with E-state index < -0.39 is 33.6 Å². The van der Waals surface area contributed by atoms with Crippen LogP contribution in [0.4, 0.5) is 4.79 Å². The summed E-state index contributed by atoms with van der Waals surface area (Å²) in [6.45, 7) is 5.97. The number of hydrogen-bond acceptors (Lipinski definition) is 6. The van der Waals surface area contributed by atoms with Crippen molar-refractivity contribution in [3.8, 4) is 5.75 Å². The molecular formula is C23H26N2O6S. The van der Waals surface area contributed by atoms with E-state index in [-0.39, 0.29) is 22.8 Å². The van der Waals surface area contributed by atoms with Gasteiger partial charge in [-0.3, -0.25) is 0 Å². The quantitative estimate of drug-likeness (QED) is 0.589. The van der Waals surface area contributed by atoms with Crippen LogP contribution >= 0.6 is 0 Å². The Morgan fingerprint density at radius 1 is 1.00 bits per heavy atom. The molecule has 8 nitrogen and oxygen atoms in total. The zero-order valence-electron chi connectivity index (χ0n) is 18.2. The lowest BCUT2D eigenvalue weighted by Crippen LogP contribution is -2.47. The summed E-state index contributed by atoms with van der Waals surface area (Å²) in [4.78, 5) is 25.3. The van der Waals surface area contributed by atoms with E-state index in [0.717, 1.165) is 5.56 Å². The number of hydrogen-bond donors (Lipinski definition) is 2. The smallest absolute Gasteiger partial charge is 0.338 e. The molecule has 0 unspecified atom stereocenters. The summed E-state index contributed by atoms with van der Waals surface area (Å²) in [6, 6.07) is 11.8. The molecule has 2 N–H and O–H groups in total. The molecule has 2 amide bonds. The maximum absolute atomic E-state index is 13.0. The highest BCUT2D eigenvalue weighted by molar-refractivity contribution is 7.91. The zero-order valence-corrected chi connectivity index (χ0v) is 19.0. The van der Waals surface area contributed by atoms with Gasteiger partial charge < -0.3 is 20.1 Å². The Morgan fingerprint density at radius 2 is 1.66 bits per heavy atom. The zero-order chi connectivity index (χ0) is 23.3. The molecule has 0 saturated heterocycles. The molecule has 0 aromatic heterocycles. The Bertz CT molecular complexity index is 1120. The van der Waals surface area contributed by atoms with Gasteiger partial charge in [0.2, 0.25) is 0 Å². The van der Waals surface area contributed by atoms with Gasteiger partial charge in [0.15, 0.2) is 9.84 Å². The molecule has 0 saturated carbocycles. The Kier molecular flexibility index (Phi) is 7.19. The third-order valence-electron chi connectivity index (χ3n) is 4.89. The van der Waals surface area contributed by atoms with Crippen molar-refractivity contribution in [2.24, 2.45) is 0 Å². The largest absolute Gasteiger partial charge is 0.494 e. The average molecular weight is 459 g/mol. The molecule has 1 aliphatic rings.